The maximum Gasteiger partial charge on any atom is 0.330 e. The Kier molecular flexibility index (Phi) is 6.23. The van der Waals surface area contributed by atoms with Crippen LogP contribution in [0.3, 0.4) is 0 Å². The number of esters is 1. The van der Waals surface area contributed by atoms with E-state index in [4.69, 9.17) is 27.9 Å². The molecule has 1 N–H and O–H groups in total. The monoisotopic (exact) mass is 419 g/mol. The summed E-state index contributed by atoms with van der Waals surface area (Å²) >= 11 is 11.9. The van der Waals surface area contributed by atoms with Crippen molar-refractivity contribution >= 4 is 40.8 Å². The topological polar surface area (TPSA) is 99.0 Å². The average Bonchev–Trinajstić information content (AvgIpc) is 3.12. The van der Waals surface area contributed by atoms with Gasteiger partial charge in [0.25, 0.3) is 5.91 Å². The fraction of sp³-hybridized carbons (Fsp3) is 0.167. The number of para-hydroxylation sites is 1. The minimum atomic E-state index is -0.687. The number of halogens is 2. The van der Waals surface area contributed by atoms with Gasteiger partial charge in [0.05, 0.1) is 15.7 Å². The molecule has 0 atom stereocenters. The molecule has 1 heterocycles. The number of anilines is 1. The van der Waals surface area contributed by atoms with Gasteiger partial charge in [0.15, 0.2) is 13.2 Å². The number of aryl methyl sites for hydroxylation is 1. The molecule has 1 amide bonds. The molecule has 0 unspecified atom stereocenters. The summed E-state index contributed by atoms with van der Waals surface area (Å²) in [5, 5.41) is 14.9. The largest absolute Gasteiger partial charge is 0.454 e. The van der Waals surface area contributed by atoms with Crippen molar-refractivity contribution in [2.75, 3.05) is 11.9 Å². The molecular formula is C18H15Cl2N5O3. The van der Waals surface area contributed by atoms with Crippen LogP contribution in [0.5, 0.6) is 0 Å². The van der Waals surface area contributed by atoms with E-state index in [1.165, 1.54) is 0 Å². The van der Waals surface area contributed by atoms with Gasteiger partial charge in [-0.15, -0.1) is 10.2 Å². The Morgan fingerprint density at radius 2 is 1.79 bits per heavy atom. The molecular weight excluding hydrogens is 405 g/mol. The van der Waals surface area contributed by atoms with E-state index in [0.717, 1.165) is 15.9 Å². The molecule has 0 saturated heterocycles. The highest BCUT2D eigenvalue weighted by atomic mass is 35.5. The number of carbonyl (C=O) groups is 2. The van der Waals surface area contributed by atoms with Crippen molar-refractivity contribution in [1.29, 1.82) is 0 Å². The normalized spacial score (nSPS) is 10.5. The molecule has 0 fully saturated rings. The van der Waals surface area contributed by atoms with Crippen molar-refractivity contribution in [2.45, 2.75) is 13.5 Å². The van der Waals surface area contributed by atoms with Crippen molar-refractivity contribution in [3.63, 3.8) is 0 Å². The van der Waals surface area contributed by atoms with Gasteiger partial charge in [-0.1, -0.05) is 59.1 Å². The Labute approximate surface area is 170 Å². The number of carbonyl (C=O) groups excluding carboxylic acids is 2. The number of hydrogen-bond donors (Lipinski definition) is 1. The Bertz CT molecular complexity index is 984. The van der Waals surface area contributed by atoms with Gasteiger partial charge in [-0.25, -0.2) is 4.79 Å². The minimum absolute atomic E-state index is 0.257. The summed E-state index contributed by atoms with van der Waals surface area (Å²) in [6, 6.07) is 12.4. The lowest BCUT2D eigenvalue weighted by Gasteiger charge is -2.09. The van der Waals surface area contributed by atoms with Crippen LogP contribution in [0.25, 0.3) is 11.4 Å². The molecule has 8 nitrogen and oxygen atoms in total. The molecule has 0 saturated carbocycles. The maximum absolute atomic E-state index is 11.9. The number of aromatic nitrogens is 4. The Balaban J connectivity index is 1.52. The van der Waals surface area contributed by atoms with E-state index >= 15 is 0 Å². The van der Waals surface area contributed by atoms with E-state index in [-0.39, 0.29) is 22.3 Å². The average molecular weight is 420 g/mol. The number of hydrogen-bond acceptors (Lipinski definition) is 6. The van der Waals surface area contributed by atoms with E-state index < -0.39 is 18.5 Å². The van der Waals surface area contributed by atoms with Gasteiger partial charge in [0, 0.05) is 5.56 Å². The molecule has 3 rings (SSSR count). The number of nitrogens with zero attached hydrogens (tertiary/aromatic N) is 4. The third kappa shape index (κ3) is 5.05. The number of ether oxygens (including phenoxy) is 1. The standard InChI is InChI=1S/C18H15Cl2N5O3/c1-11-5-7-12(8-6-11)18-22-24-25(23-18)9-16(27)28-10-15(26)21-17-13(19)3-2-4-14(17)20/h2-8H,9-10H2,1H3,(H,21,26). The van der Waals surface area contributed by atoms with Crippen LogP contribution in [-0.2, 0) is 20.9 Å². The highest BCUT2D eigenvalue weighted by Crippen LogP contribution is 2.29. The van der Waals surface area contributed by atoms with E-state index in [0.29, 0.717) is 5.82 Å². The molecule has 0 aliphatic rings. The molecule has 1 aromatic heterocycles. The van der Waals surface area contributed by atoms with Crippen molar-refractivity contribution in [3.8, 4) is 11.4 Å². The zero-order valence-electron chi connectivity index (χ0n) is 14.7. The fourth-order valence-corrected chi connectivity index (χ4v) is 2.72. The first-order chi connectivity index (χ1) is 13.4. The van der Waals surface area contributed by atoms with Crippen LogP contribution < -0.4 is 5.32 Å². The molecule has 0 radical (unpaired) electrons. The summed E-state index contributed by atoms with van der Waals surface area (Å²) < 4.78 is 4.92. The van der Waals surface area contributed by atoms with Gasteiger partial charge in [-0.05, 0) is 24.3 Å². The van der Waals surface area contributed by atoms with Crippen molar-refractivity contribution in [1.82, 2.24) is 20.2 Å². The maximum atomic E-state index is 11.9. The lowest BCUT2D eigenvalue weighted by molar-refractivity contribution is -0.148. The molecule has 0 aliphatic heterocycles. The van der Waals surface area contributed by atoms with Gasteiger partial charge in [0.2, 0.25) is 5.82 Å². The van der Waals surface area contributed by atoms with E-state index in [2.05, 4.69) is 20.7 Å². The molecule has 0 bridgehead atoms. The zero-order valence-corrected chi connectivity index (χ0v) is 16.2. The Morgan fingerprint density at radius 3 is 2.46 bits per heavy atom. The quantitative estimate of drug-likeness (QED) is 0.616. The van der Waals surface area contributed by atoms with Crippen LogP contribution in [-0.4, -0.2) is 38.7 Å². The van der Waals surface area contributed by atoms with Crippen LogP contribution >= 0.6 is 23.2 Å². The highest BCUT2D eigenvalue weighted by Gasteiger charge is 2.14. The first kappa shape index (κ1) is 19.8. The molecule has 28 heavy (non-hydrogen) atoms. The summed E-state index contributed by atoms with van der Waals surface area (Å²) in [7, 11) is 0. The van der Waals surface area contributed by atoms with Gasteiger partial charge >= 0.3 is 5.97 Å². The van der Waals surface area contributed by atoms with Crippen LogP contribution in [0.15, 0.2) is 42.5 Å². The Morgan fingerprint density at radius 1 is 1.11 bits per heavy atom. The predicted molar refractivity (Wildman–Crippen MR) is 104 cm³/mol. The smallest absolute Gasteiger partial charge is 0.330 e. The van der Waals surface area contributed by atoms with Crippen molar-refractivity contribution in [2.24, 2.45) is 0 Å². The fourth-order valence-electron chi connectivity index (χ4n) is 2.23. The van der Waals surface area contributed by atoms with Crippen molar-refractivity contribution < 1.29 is 14.3 Å². The van der Waals surface area contributed by atoms with Crippen LogP contribution in [0.2, 0.25) is 10.0 Å². The summed E-state index contributed by atoms with van der Waals surface area (Å²) in [6.45, 7) is 1.19. The van der Waals surface area contributed by atoms with Gasteiger partial charge in [0.1, 0.15) is 0 Å². The second-order valence-electron chi connectivity index (χ2n) is 5.81. The highest BCUT2D eigenvalue weighted by molar-refractivity contribution is 6.39. The number of tetrazole rings is 1. The van der Waals surface area contributed by atoms with E-state index in [1.807, 2.05) is 31.2 Å². The predicted octanol–water partition coefficient (Wildman–Crippen LogP) is 3.14. The summed E-state index contributed by atoms with van der Waals surface area (Å²) in [5.74, 6) is -0.873. The summed E-state index contributed by atoms with van der Waals surface area (Å²) in [4.78, 5) is 24.9. The van der Waals surface area contributed by atoms with E-state index in [9.17, 15) is 9.59 Å². The summed E-state index contributed by atoms with van der Waals surface area (Å²) in [5.41, 5.74) is 2.14. The lowest BCUT2D eigenvalue weighted by atomic mass is 10.1. The molecule has 0 spiro atoms. The number of nitrogens with one attached hydrogen (secondary N) is 1. The molecule has 2 aromatic carbocycles. The lowest BCUT2D eigenvalue weighted by Crippen LogP contribution is -2.23. The molecule has 3 aromatic rings. The first-order valence-corrected chi connectivity index (χ1v) is 8.92. The molecule has 144 valence electrons. The third-order valence-corrected chi connectivity index (χ3v) is 4.25. The summed E-state index contributed by atoms with van der Waals surface area (Å²) in [6.07, 6.45) is 0. The second-order valence-corrected chi connectivity index (χ2v) is 6.63. The van der Waals surface area contributed by atoms with Gasteiger partial charge < -0.3 is 10.1 Å². The van der Waals surface area contributed by atoms with Gasteiger partial charge in [-0.2, -0.15) is 4.80 Å². The Hall–Kier alpha value is -2.97. The van der Waals surface area contributed by atoms with Crippen LogP contribution in [0.4, 0.5) is 5.69 Å². The first-order valence-electron chi connectivity index (χ1n) is 8.16. The second kappa shape index (κ2) is 8.81. The van der Waals surface area contributed by atoms with E-state index in [1.54, 1.807) is 18.2 Å². The number of benzene rings is 2. The SMILES string of the molecule is Cc1ccc(-c2nnn(CC(=O)OCC(=O)Nc3c(Cl)cccc3Cl)n2)cc1. The molecule has 10 heteroatoms. The zero-order chi connectivity index (χ0) is 20.1. The van der Waals surface area contributed by atoms with Crippen molar-refractivity contribution in [3.05, 3.63) is 58.1 Å². The van der Waals surface area contributed by atoms with Crippen LogP contribution in [0.1, 0.15) is 5.56 Å². The van der Waals surface area contributed by atoms with Crippen LogP contribution in [0, 0.1) is 6.92 Å². The third-order valence-electron chi connectivity index (χ3n) is 3.62. The molecule has 0 aliphatic carbocycles. The van der Waals surface area contributed by atoms with Gasteiger partial charge in [-0.3, -0.25) is 4.79 Å². The number of rotatable bonds is 6. The minimum Gasteiger partial charge on any atom is -0.454 e. The number of amides is 1.